The van der Waals surface area contributed by atoms with E-state index in [0.29, 0.717) is 31.0 Å². The summed E-state index contributed by atoms with van der Waals surface area (Å²) in [6.07, 6.45) is 7.11. The number of carbonyl (C=O) groups is 3. The van der Waals surface area contributed by atoms with Crippen molar-refractivity contribution in [1.82, 2.24) is 25.1 Å². The number of hydrazine groups is 1. The third-order valence-corrected chi connectivity index (χ3v) is 7.24. The van der Waals surface area contributed by atoms with Crippen LogP contribution in [0.15, 0.2) is 48.5 Å². The van der Waals surface area contributed by atoms with E-state index in [4.69, 9.17) is 15.9 Å². The molecule has 0 spiro atoms. The van der Waals surface area contributed by atoms with Crippen molar-refractivity contribution in [3.05, 3.63) is 59.7 Å². The predicted octanol–water partition coefficient (Wildman–Crippen LogP) is 2.55. The van der Waals surface area contributed by atoms with Gasteiger partial charge >= 0.3 is 6.03 Å². The van der Waals surface area contributed by atoms with Gasteiger partial charge in [0.05, 0.1) is 19.6 Å². The Bertz CT molecular complexity index is 1260. The van der Waals surface area contributed by atoms with Gasteiger partial charge in [-0.25, -0.2) is 9.80 Å². The summed E-state index contributed by atoms with van der Waals surface area (Å²) < 4.78 is 10.9. The van der Waals surface area contributed by atoms with E-state index < -0.39 is 12.2 Å². The number of fused-ring (bicyclic) bond motifs is 2. The van der Waals surface area contributed by atoms with E-state index in [9.17, 15) is 14.4 Å². The van der Waals surface area contributed by atoms with Crippen LogP contribution in [0.3, 0.4) is 0 Å². The number of ether oxygens (including phenoxy) is 2. The van der Waals surface area contributed by atoms with Crippen LogP contribution in [0.1, 0.15) is 37.3 Å². The molecule has 0 saturated carbocycles. The first-order chi connectivity index (χ1) is 19.0. The molecule has 2 aromatic carbocycles. The average molecular weight is 532 g/mol. The van der Waals surface area contributed by atoms with E-state index in [1.54, 1.807) is 14.8 Å². The molecule has 2 fully saturated rings. The van der Waals surface area contributed by atoms with Gasteiger partial charge in [0.1, 0.15) is 12.2 Å². The standard InChI is InChI=1S/C29H33N5O5/c1-3-5-11-23-28(36)31(17-22-12-13-24-25(15-22)39-20-38-24)18-26-33(23)27(35)19-32(14-4-2)34(26)29(37)30-16-21-9-7-6-8-10-21/h2,6-10,12-13,15,23,26H,3,5,11,14,16-20H2,1H3,(H,30,37)/t23-,26-/m0/s1. The second-order valence-electron chi connectivity index (χ2n) is 9.86. The van der Waals surface area contributed by atoms with E-state index in [0.717, 1.165) is 24.0 Å². The molecule has 10 heteroatoms. The summed E-state index contributed by atoms with van der Waals surface area (Å²) in [7, 11) is 0. The topological polar surface area (TPSA) is 94.7 Å². The first kappa shape index (κ1) is 26.4. The van der Waals surface area contributed by atoms with Gasteiger partial charge in [0.2, 0.25) is 18.6 Å². The quantitative estimate of drug-likeness (QED) is 0.527. The van der Waals surface area contributed by atoms with Crippen LogP contribution in [0.5, 0.6) is 11.5 Å². The zero-order valence-electron chi connectivity index (χ0n) is 22.0. The molecule has 0 unspecified atom stereocenters. The number of carbonyl (C=O) groups excluding carboxylic acids is 3. The first-order valence-electron chi connectivity index (χ1n) is 13.3. The highest BCUT2D eigenvalue weighted by molar-refractivity contribution is 5.91. The minimum Gasteiger partial charge on any atom is -0.454 e. The number of urea groups is 1. The lowest BCUT2D eigenvalue weighted by Gasteiger charge is -2.55. The number of rotatable bonds is 8. The summed E-state index contributed by atoms with van der Waals surface area (Å²) in [6.45, 7) is 3.01. The van der Waals surface area contributed by atoms with Gasteiger partial charge in [0, 0.05) is 13.1 Å². The summed E-state index contributed by atoms with van der Waals surface area (Å²) in [5, 5.41) is 6.09. The van der Waals surface area contributed by atoms with Gasteiger partial charge < -0.3 is 24.6 Å². The van der Waals surface area contributed by atoms with Crippen molar-refractivity contribution in [3.63, 3.8) is 0 Å². The van der Waals surface area contributed by atoms with Crippen LogP contribution < -0.4 is 14.8 Å². The molecule has 204 valence electrons. The molecule has 1 N–H and O–H groups in total. The average Bonchev–Trinajstić information content (AvgIpc) is 3.41. The Hall–Kier alpha value is -4.23. The maximum Gasteiger partial charge on any atom is 0.334 e. The Morgan fingerprint density at radius 3 is 2.67 bits per heavy atom. The molecule has 0 radical (unpaired) electrons. The molecule has 0 bridgehead atoms. The van der Waals surface area contributed by atoms with E-state index >= 15 is 0 Å². The molecule has 4 amide bonds. The molecular formula is C29H33N5O5. The Morgan fingerprint density at radius 1 is 1.10 bits per heavy atom. The second kappa shape index (κ2) is 11.7. The number of terminal acetylenes is 1. The van der Waals surface area contributed by atoms with Gasteiger partial charge in [-0.05, 0) is 29.7 Å². The molecule has 3 aliphatic heterocycles. The van der Waals surface area contributed by atoms with Crippen LogP contribution >= 0.6 is 0 Å². The molecule has 3 aliphatic rings. The Labute approximate surface area is 228 Å². The van der Waals surface area contributed by atoms with Gasteiger partial charge in [-0.2, -0.15) is 5.01 Å². The number of benzene rings is 2. The number of amides is 4. The van der Waals surface area contributed by atoms with Gasteiger partial charge in [-0.15, -0.1) is 6.42 Å². The largest absolute Gasteiger partial charge is 0.454 e. The summed E-state index contributed by atoms with van der Waals surface area (Å²) in [4.78, 5) is 44.2. The lowest BCUT2D eigenvalue weighted by atomic mass is 10.0. The smallest absolute Gasteiger partial charge is 0.334 e. The molecule has 2 atom stereocenters. The monoisotopic (exact) mass is 531 g/mol. The Balaban J connectivity index is 1.44. The fraction of sp³-hybridized carbons (Fsp3) is 0.414. The molecule has 2 saturated heterocycles. The first-order valence-corrected chi connectivity index (χ1v) is 13.3. The van der Waals surface area contributed by atoms with E-state index in [2.05, 4.69) is 11.2 Å². The van der Waals surface area contributed by atoms with Gasteiger partial charge in [-0.1, -0.05) is 62.1 Å². The van der Waals surface area contributed by atoms with Crippen LogP contribution in [-0.4, -0.2) is 76.3 Å². The van der Waals surface area contributed by atoms with E-state index in [1.165, 1.54) is 5.01 Å². The maximum absolute atomic E-state index is 13.8. The minimum absolute atomic E-state index is 0.0719. The van der Waals surface area contributed by atoms with Crippen LogP contribution in [0.4, 0.5) is 4.79 Å². The second-order valence-corrected chi connectivity index (χ2v) is 9.86. The highest BCUT2D eigenvalue weighted by Gasteiger charge is 2.51. The number of hydrogen-bond acceptors (Lipinski definition) is 6. The van der Waals surface area contributed by atoms with Crippen molar-refractivity contribution in [2.75, 3.05) is 26.4 Å². The molecule has 2 aromatic rings. The molecular weight excluding hydrogens is 498 g/mol. The lowest BCUT2D eigenvalue weighted by molar-refractivity contribution is -0.189. The van der Waals surface area contributed by atoms with Crippen LogP contribution in [0.25, 0.3) is 0 Å². The fourth-order valence-corrected chi connectivity index (χ4v) is 5.37. The fourth-order valence-electron chi connectivity index (χ4n) is 5.37. The van der Waals surface area contributed by atoms with Crippen molar-refractivity contribution < 1.29 is 23.9 Å². The van der Waals surface area contributed by atoms with Gasteiger partial charge in [0.25, 0.3) is 0 Å². The Morgan fingerprint density at radius 2 is 1.90 bits per heavy atom. The molecule has 39 heavy (non-hydrogen) atoms. The van der Waals surface area contributed by atoms with Crippen molar-refractivity contribution >= 4 is 17.8 Å². The van der Waals surface area contributed by atoms with E-state index in [-0.39, 0.29) is 44.3 Å². The van der Waals surface area contributed by atoms with Crippen molar-refractivity contribution in [2.24, 2.45) is 0 Å². The van der Waals surface area contributed by atoms with Gasteiger partial charge in [-0.3, -0.25) is 9.59 Å². The van der Waals surface area contributed by atoms with Gasteiger partial charge in [0.15, 0.2) is 11.5 Å². The molecule has 5 rings (SSSR count). The highest BCUT2D eigenvalue weighted by atomic mass is 16.7. The number of piperazine rings is 1. The number of hydrogen-bond donors (Lipinski definition) is 1. The highest BCUT2D eigenvalue weighted by Crippen LogP contribution is 2.34. The normalized spacial score (nSPS) is 20.6. The van der Waals surface area contributed by atoms with Crippen molar-refractivity contribution in [3.8, 4) is 23.8 Å². The molecule has 3 heterocycles. The van der Waals surface area contributed by atoms with Crippen molar-refractivity contribution in [2.45, 2.75) is 51.5 Å². The predicted molar refractivity (Wildman–Crippen MR) is 143 cm³/mol. The summed E-state index contributed by atoms with van der Waals surface area (Å²) in [6, 6.07) is 14.1. The number of nitrogens with one attached hydrogen (secondary N) is 1. The minimum atomic E-state index is -0.691. The summed E-state index contributed by atoms with van der Waals surface area (Å²) in [5.41, 5.74) is 1.82. The third-order valence-electron chi connectivity index (χ3n) is 7.24. The molecule has 10 nitrogen and oxygen atoms in total. The zero-order chi connectivity index (χ0) is 27.4. The zero-order valence-corrected chi connectivity index (χ0v) is 22.0. The molecule has 0 aromatic heterocycles. The van der Waals surface area contributed by atoms with Crippen molar-refractivity contribution in [1.29, 1.82) is 0 Å². The summed E-state index contributed by atoms with van der Waals surface area (Å²) in [5.74, 6) is 3.54. The Kier molecular flexibility index (Phi) is 7.89. The lowest BCUT2D eigenvalue weighted by Crippen LogP contribution is -2.76. The third kappa shape index (κ3) is 5.49. The van der Waals surface area contributed by atoms with E-state index in [1.807, 2.05) is 55.5 Å². The van der Waals surface area contributed by atoms with Crippen LogP contribution in [0, 0.1) is 12.3 Å². The van der Waals surface area contributed by atoms with Crippen LogP contribution in [0.2, 0.25) is 0 Å². The van der Waals surface area contributed by atoms with Crippen LogP contribution in [-0.2, 0) is 22.7 Å². The number of nitrogens with zero attached hydrogens (tertiary/aromatic N) is 4. The molecule has 0 aliphatic carbocycles. The number of unbranched alkanes of at least 4 members (excludes halogenated alkanes) is 1. The maximum atomic E-state index is 13.8. The summed E-state index contributed by atoms with van der Waals surface area (Å²) >= 11 is 0. The SMILES string of the molecule is C#CCN1CC(=O)N2[C@@H](CCCC)C(=O)N(Cc3ccc4c(c3)OCO4)C[C@@H]2N1C(=O)NCc1ccccc1.